The number of ether oxygens (including phenoxy) is 2. The quantitative estimate of drug-likeness (QED) is 0.926. The standard InChI is InChI=1S/C12H18BrNO2/c1-7(6-14)11-8(2)12(16-4)10(15-3)5-9(11)13/h5,7H,6,14H2,1-4H3. The molecule has 0 spiro atoms. The van der Waals surface area contributed by atoms with Crippen molar-refractivity contribution in [2.45, 2.75) is 19.8 Å². The Kier molecular flexibility index (Phi) is 4.62. The van der Waals surface area contributed by atoms with E-state index in [2.05, 4.69) is 22.9 Å². The van der Waals surface area contributed by atoms with Crippen LogP contribution in [0.1, 0.15) is 24.0 Å². The highest BCUT2D eigenvalue weighted by Gasteiger charge is 2.18. The van der Waals surface area contributed by atoms with Crippen molar-refractivity contribution in [2.24, 2.45) is 5.73 Å². The fourth-order valence-corrected chi connectivity index (χ4v) is 2.77. The summed E-state index contributed by atoms with van der Waals surface area (Å²) in [5.41, 5.74) is 7.97. The Morgan fingerprint density at radius 3 is 2.44 bits per heavy atom. The van der Waals surface area contributed by atoms with Gasteiger partial charge in [0.25, 0.3) is 0 Å². The van der Waals surface area contributed by atoms with Crippen LogP contribution in [0.3, 0.4) is 0 Å². The normalized spacial score (nSPS) is 12.4. The fourth-order valence-electron chi connectivity index (χ4n) is 1.87. The Morgan fingerprint density at radius 2 is 2.00 bits per heavy atom. The van der Waals surface area contributed by atoms with Crippen LogP contribution >= 0.6 is 15.9 Å². The van der Waals surface area contributed by atoms with Crippen LogP contribution in [0.15, 0.2) is 10.5 Å². The summed E-state index contributed by atoms with van der Waals surface area (Å²) in [6.07, 6.45) is 0. The Morgan fingerprint density at radius 1 is 1.38 bits per heavy atom. The molecule has 1 aromatic rings. The SMILES string of the molecule is COc1cc(Br)c(C(C)CN)c(C)c1OC. The minimum atomic E-state index is 0.286. The van der Waals surface area contributed by atoms with E-state index in [1.807, 2.05) is 13.0 Å². The largest absolute Gasteiger partial charge is 0.493 e. The maximum Gasteiger partial charge on any atom is 0.163 e. The van der Waals surface area contributed by atoms with Gasteiger partial charge >= 0.3 is 0 Å². The Balaban J connectivity index is 3.40. The maximum atomic E-state index is 5.71. The van der Waals surface area contributed by atoms with Crippen LogP contribution in [0, 0.1) is 6.92 Å². The number of benzene rings is 1. The third-order valence-corrected chi connectivity index (χ3v) is 3.41. The van der Waals surface area contributed by atoms with Gasteiger partial charge < -0.3 is 15.2 Å². The second kappa shape index (κ2) is 5.55. The summed E-state index contributed by atoms with van der Waals surface area (Å²) in [6, 6.07) is 1.92. The van der Waals surface area contributed by atoms with Gasteiger partial charge in [-0.05, 0) is 36.6 Å². The molecule has 0 aliphatic rings. The summed E-state index contributed by atoms with van der Waals surface area (Å²) in [5.74, 6) is 1.80. The van der Waals surface area contributed by atoms with Crippen LogP contribution in [-0.2, 0) is 0 Å². The van der Waals surface area contributed by atoms with Crippen LogP contribution < -0.4 is 15.2 Å². The van der Waals surface area contributed by atoms with E-state index in [0.717, 1.165) is 21.5 Å². The number of methoxy groups -OCH3 is 2. The molecule has 0 radical (unpaired) electrons. The van der Waals surface area contributed by atoms with Crippen molar-refractivity contribution in [3.63, 3.8) is 0 Å². The Bertz CT molecular complexity index is 380. The summed E-state index contributed by atoms with van der Waals surface area (Å²) >= 11 is 3.55. The average Bonchev–Trinajstić information content (AvgIpc) is 2.27. The minimum Gasteiger partial charge on any atom is -0.493 e. The Hall–Kier alpha value is -0.740. The van der Waals surface area contributed by atoms with Gasteiger partial charge in [-0.2, -0.15) is 0 Å². The molecule has 0 saturated heterocycles. The molecule has 0 aliphatic carbocycles. The lowest BCUT2D eigenvalue weighted by Gasteiger charge is -2.19. The van der Waals surface area contributed by atoms with Gasteiger partial charge in [-0.15, -0.1) is 0 Å². The zero-order chi connectivity index (χ0) is 12.3. The monoisotopic (exact) mass is 287 g/mol. The molecule has 1 unspecified atom stereocenters. The summed E-state index contributed by atoms with van der Waals surface area (Å²) in [5, 5.41) is 0. The van der Waals surface area contributed by atoms with Crippen LogP contribution in [-0.4, -0.2) is 20.8 Å². The van der Waals surface area contributed by atoms with E-state index in [-0.39, 0.29) is 5.92 Å². The summed E-state index contributed by atoms with van der Waals surface area (Å²) in [6.45, 7) is 4.72. The number of rotatable bonds is 4. The van der Waals surface area contributed by atoms with Gasteiger partial charge in [0, 0.05) is 4.47 Å². The first kappa shape index (κ1) is 13.3. The third-order valence-electron chi connectivity index (χ3n) is 2.75. The summed E-state index contributed by atoms with van der Waals surface area (Å²) < 4.78 is 11.7. The van der Waals surface area contributed by atoms with E-state index in [1.165, 1.54) is 5.56 Å². The zero-order valence-electron chi connectivity index (χ0n) is 10.1. The lowest BCUT2D eigenvalue weighted by molar-refractivity contribution is 0.352. The van der Waals surface area contributed by atoms with Crippen molar-refractivity contribution >= 4 is 15.9 Å². The lowest BCUT2D eigenvalue weighted by Crippen LogP contribution is -2.11. The number of hydrogen-bond donors (Lipinski definition) is 1. The van der Waals surface area contributed by atoms with Gasteiger partial charge in [0.15, 0.2) is 11.5 Å². The van der Waals surface area contributed by atoms with Gasteiger partial charge in [0.1, 0.15) is 0 Å². The predicted octanol–water partition coefficient (Wildman–Crippen LogP) is 2.84. The average molecular weight is 288 g/mol. The highest BCUT2D eigenvalue weighted by molar-refractivity contribution is 9.10. The van der Waals surface area contributed by atoms with E-state index in [4.69, 9.17) is 15.2 Å². The molecule has 0 fully saturated rings. The molecule has 3 nitrogen and oxygen atoms in total. The lowest BCUT2D eigenvalue weighted by atomic mass is 9.95. The van der Waals surface area contributed by atoms with Crippen LogP contribution in [0.25, 0.3) is 0 Å². The van der Waals surface area contributed by atoms with Gasteiger partial charge in [-0.3, -0.25) is 0 Å². The smallest absolute Gasteiger partial charge is 0.163 e. The van der Waals surface area contributed by atoms with E-state index >= 15 is 0 Å². The van der Waals surface area contributed by atoms with E-state index in [1.54, 1.807) is 14.2 Å². The maximum absolute atomic E-state index is 5.71. The third kappa shape index (κ3) is 2.33. The highest BCUT2D eigenvalue weighted by atomic mass is 79.9. The molecule has 4 heteroatoms. The zero-order valence-corrected chi connectivity index (χ0v) is 11.7. The van der Waals surface area contributed by atoms with Crippen molar-refractivity contribution in [2.75, 3.05) is 20.8 Å². The molecular weight excluding hydrogens is 270 g/mol. The van der Waals surface area contributed by atoms with Crippen molar-refractivity contribution in [3.05, 3.63) is 21.7 Å². The molecule has 1 aromatic carbocycles. The van der Waals surface area contributed by atoms with E-state index in [0.29, 0.717) is 6.54 Å². The van der Waals surface area contributed by atoms with Gasteiger partial charge in [0.2, 0.25) is 0 Å². The molecule has 0 aliphatic heterocycles. The number of halogens is 1. The Labute approximate surface area is 105 Å². The van der Waals surface area contributed by atoms with Crippen LogP contribution in [0.5, 0.6) is 11.5 Å². The van der Waals surface area contributed by atoms with Crippen molar-refractivity contribution < 1.29 is 9.47 Å². The van der Waals surface area contributed by atoms with Crippen LogP contribution in [0.2, 0.25) is 0 Å². The predicted molar refractivity (Wildman–Crippen MR) is 69.5 cm³/mol. The molecular formula is C12H18BrNO2. The van der Waals surface area contributed by atoms with Crippen LogP contribution in [0.4, 0.5) is 0 Å². The first-order chi connectivity index (χ1) is 7.56. The summed E-state index contributed by atoms with van der Waals surface area (Å²) in [4.78, 5) is 0. The molecule has 0 aromatic heterocycles. The van der Waals surface area contributed by atoms with Crippen molar-refractivity contribution in [3.8, 4) is 11.5 Å². The second-order valence-electron chi connectivity index (χ2n) is 3.77. The molecule has 0 saturated carbocycles. The summed E-state index contributed by atoms with van der Waals surface area (Å²) in [7, 11) is 3.28. The molecule has 16 heavy (non-hydrogen) atoms. The first-order valence-electron chi connectivity index (χ1n) is 5.17. The molecule has 1 rings (SSSR count). The molecule has 2 N–H and O–H groups in total. The van der Waals surface area contributed by atoms with Crippen molar-refractivity contribution in [1.82, 2.24) is 0 Å². The molecule has 90 valence electrons. The fraction of sp³-hybridized carbons (Fsp3) is 0.500. The van der Waals surface area contributed by atoms with Crippen molar-refractivity contribution in [1.29, 1.82) is 0 Å². The minimum absolute atomic E-state index is 0.286. The second-order valence-corrected chi connectivity index (χ2v) is 4.62. The highest BCUT2D eigenvalue weighted by Crippen LogP contribution is 2.40. The topological polar surface area (TPSA) is 44.5 Å². The van der Waals surface area contributed by atoms with Gasteiger partial charge in [-0.25, -0.2) is 0 Å². The molecule has 0 bridgehead atoms. The molecule has 0 amide bonds. The van der Waals surface area contributed by atoms with Gasteiger partial charge in [0.05, 0.1) is 14.2 Å². The molecule has 1 atom stereocenters. The van der Waals surface area contributed by atoms with E-state index < -0.39 is 0 Å². The first-order valence-corrected chi connectivity index (χ1v) is 5.97. The number of hydrogen-bond acceptors (Lipinski definition) is 3. The van der Waals surface area contributed by atoms with Gasteiger partial charge in [-0.1, -0.05) is 22.9 Å². The molecule has 0 heterocycles. The van der Waals surface area contributed by atoms with E-state index in [9.17, 15) is 0 Å². The number of nitrogens with two attached hydrogens (primary N) is 1.